The summed E-state index contributed by atoms with van der Waals surface area (Å²) in [7, 11) is 1.62. The molecular weight excluding hydrogens is 280 g/mol. The Labute approximate surface area is 129 Å². The van der Waals surface area contributed by atoms with Gasteiger partial charge in [0.2, 0.25) is 5.91 Å². The number of benzene rings is 1. The molecule has 22 heavy (non-hydrogen) atoms. The smallest absolute Gasteiger partial charge is 0.241 e. The van der Waals surface area contributed by atoms with E-state index in [9.17, 15) is 4.79 Å². The van der Waals surface area contributed by atoms with Gasteiger partial charge in [0.25, 0.3) is 0 Å². The predicted molar refractivity (Wildman–Crippen MR) is 85.0 cm³/mol. The van der Waals surface area contributed by atoms with E-state index < -0.39 is 0 Å². The van der Waals surface area contributed by atoms with E-state index in [-0.39, 0.29) is 5.91 Å². The first-order valence-electron chi connectivity index (χ1n) is 7.05. The van der Waals surface area contributed by atoms with Crippen molar-refractivity contribution in [3.8, 4) is 5.75 Å². The highest BCUT2D eigenvalue weighted by atomic mass is 16.5. The zero-order chi connectivity index (χ0) is 15.9. The van der Waals surface area contributed by atoms with Gasteiger partial charge in [-0.05, 0) is 49.7 Å². The van der Waals surface area contributed by atoms with Crippen LogP contribution in [-0.4, -0.2) is 29.0 Å². The molecule has 2 aromatic rings. The molecule has 0 spiro atoms. The van der Waals surface area contributed by atoms with Gasteiger partial charge in [0.1, 0.15) is 5.75 Å². The molecule has 0 aliphatic rings. The second-order valence-corrected chi connectivity index (χ2v) is 4.97. The highest BCUT2D eigenvalue weighted by Crippen LogP contribution is 2.09. The lowest BCUT2D eigenvalue weighted by molar-refractivity contribution is -0.121. The van der Waals surface area contributed by atoms with Crippen LogP contribution in [0.25, 0.3) is 0 Å². The lowest BCUT2D eigenvalue weighted by atomic mass is 10.2. The highest BCUT2D eigenvalue weighted by molar-refractivity contribution is 5.82. The van der Waals surface area contributed by atoms with Crippen molar-refractivity contribution in [3.05, 3.63) is 47.3 Å². The summed E-state index contributed by atoms with van der Waals surface area (Å²) in [4.78, 5) is 11.7. The number of hydrogen-bond acceptors (Lipinski definition) is 4. The Balaban J connectivity index is 1.79. The van der Waals surface area contributed by atoms with Crippen LogP contribution in [0.4, 0.5) is 0 Å². The Morgan fingerprint density at radius 3 is 2.68 bits per heavy atom. The number of aryl methyl sites for hydroxylation is 3. The summed E-state index contributed by atoms with van der Waals surface area (Å²) < 4.78 is 6.90. The van der Waals surface area contributed by atoms with Crippen molar-refractivity contribution in [1.82, 2.24) is 15.2 Å². The van der Waals surface area contributed by atoms with Crippen LogP contribution >= 0.6 is 0 Å². The van der Waals surface area contributed by atoms with E-state index in [0.717, 1.165) is 22.7 Å². The van der Waals surface area contributed by atoms with Gasteiger partial charge in [0, 0.05) is 12.1 Å². The first kappa shape index (κ1) is 15.8. The molecule has 1 amide bonds. The van der Waals surface area contributed by atoms with E-state index in [1.165, 1.54) is 0 Å². The molecule has 0 radical (unpaired) electrons. The lowest BCUT2D eigenvalue weighted by Crippen LogP contribution is -2.20. The number of ether oxygens (including phenoxy) is 1. The maximum atomic E-state index is 11.7. The van der Waals surface area contributed by atoms with Crippen LogP contribution in [0.5, 0.6) is 5.75 Å². The Morgan fingerprint density at radius 1 is 1.36 bits per heavy atom. The number of nitrogens with zero attached hydrogens (tertiary/aromatic N) is 3. The molecule has 116 valence electrons. The number of rotatable bonds is 6. The van der Waals surface area contributed by atoms with E-state index in [4.69, 9.17) is 4.74 Å². The van der Waals surface area contributed by atoms with Crippen LogP contribution in [0.3, 0.4) is 0 Å². The van der Waals surface area contributed by atoms with Crippen LogP contribution < -0.4 is 10.2 Å². The molecule has 0 bridgehead atoms. The molecule has 0 saturated carbocycles. The van der Waals surface area contributed by atoms with Crippen molar-refractivity contribution in [2.24, 2.45) is 5.10 Å². The van der Waals surface area contributed by atoms with Crippen LogP contribution in [0.2, 0.25) is 0 Å². The average molecular weight is 300 g/mol. The summed E-state index contributed by atoms with van der Waals surface area (Å²) in [6.07, 6.45) is 1.93. The molecule has 6 heteroatoms. The lowest BCUT2D eigenvalue weighted by Gasteiger charge is -2.03. The zero-order valence-corrected chi connectivity index (χ0v) is 13.0. The van der Waals surface area contributed by atoms with Gasteiger partial charge in [0.05, 0.1) is 25.6 Å². The van der Waals surface area contributed by atoms with Crippen molar-refractivity contribution in [3.63, 3.8) is 0 Å². The maximum Gasteiger partial charge on any atom is 0.241 e. The number of amides is 1. The molecule has 1 aromatic heterocycles. The van der Waals surface area contributed by atoms with Crippen molar-refractivity contribution < 1.29 is 9.53 Å². The molecule has 0 atom stereocenters. The molecule has 0 unspecified atom stereocenters. The SMILES string of the molecule is COc1ccc(/C=N\NC(=O)CCn2nc(C)cc2C)cc1. The molecule has 1 heterocycles. The minimum Gasteiger partial charge on any atom is -0.497 e. The van der Waals surface area contributed by atoms with Crippen LogP contribution in [0.15, 0.2) is 35.4 Å². The maximum absolute atomic E-state index is 11.7. The van der Waals surface area contributed by atoms with E-state index >= 15 is 0 Å². The van der Waals surface area contributed by atoms with Gasteiger partial charge >= 0.3 is 0 Å². The number of carbonyl (C=O) groups is 1. The van der Waals surface area contributed by atoms with Gasteiger partial charge < -0.3 is 4.74 Å². The Kier molecular flexibility index (Phi) is 5.30. The van der Waals surface area contributed by atoms with Crippen LogP contribution in [0, 0.1) is 13.8 Å². The topological polar surface area (TPSA) is 68.5 Å². The van der Waals surface area contributed by atoms with E-state index in [2.05, 4.69) is 15.6 Å². The molecule has 0 fully saturated rings. The highest BCUT2D eigenvalue weighted by Gasteiger charge is 2.04. The Bertz CT molecular complexity index is 659. The Morgan fingerprint density at radius 2 is 2.09 bits per heavy atom. The number of carbonyl (C=O) groups excluding carboxylic acids is 1. The van der Waals surface area contributed by atoms with Crippen LogP contribution in [0.1, 0.15) is 23.4 Å². The third-order valence-corrected chi connectivity index (χ3v) is 3.17. The molecule has 1 N–H and O–H groups in total. The molecule has 6 nitrogen and oxygen atoms in total. The molecule has 0 aliphatic heterocycles. The standard InChI is InChI=1S/C16H20N4O2/c1-12-10-13(2)20(19-12)9-8-16(21)18-17-11-14-4-6-15(22-3)7-5-14/h4-7,10-11H,8-9H2,1-3H3,(H,18,21)/b17-11-. The minimum atomic E-state index is -0.141. The molecule has 1 aromatic carbocycles. The third kappa shape index (κ3) is 4.44. The quantitative estimate of drug-likeness (QED) is 0.656. The normalized spacial score (nSPS) is 10.9. The summed E-state index contributed by atoms with van der Waals surface area (Å²) in [6.45, 7) is 4.45. The van der Waals surface area contributed by atoms with E-state index in [1.54, 1.807) is 13.3 Å². The molecule has 2 rings (SSSR count). The van der Waals surface area contributed by atoms with Gasteiger partial charge in [0.15, 0.2) is 0 Å². The van der Waals surface area contributed by atoms with Crippen molar-refractivity contribution in [2.45, 2.75) is 26.8 Å². The van der Waals surface area contributed by atoms with Gasteiger partial charge in [-0.1, -0.05) is 0 Å². The first-order chi connectivity index (χ1) is 10.6. The van der Waals surface area contributed by atoms with Gasteiger partial charge in [-0.25, -0.2) is 5.43 Å². The van der Waals surface area contributed by atoms with Gasteiger partial charge in [-0.15, -0.1) is 0 Å². The predicted octanol–water partition coefficient (Wildman–Crippen LogP) is 2.05. The summed E-state index contributed by atoms with van der Waals surface area (Å²) in [5, 5.41) is 8.25. The van der Waals surface area contributed by atoms with Crippen molar-refractivity contribution >= 4 is 12.1 Å². The summed E-state index contributed by atoms with van der Waals surface area (Å²) in [5.74, 6) is 0.642. The van der Waals surface area contributed by atoms with E-state index in [1.807, 2.05) is 48.9 Å². The Hall–Kier alpha value is -2.63. The fourth-order valence-corrected chi connectivity index (χ4v) is 2.03. The van der Waals surface area contributed by atoms with E-state index in [0.29, 0.717) is 13.0 Å². The monoisotopic (exact) mass is 300 g/mol. The first-order valence-corrected chi connectivity index (χ1v) is 7.05. The average Bonchev–Trinajstić information content (AvgIpc) is 2.84. The van der Waals surface area contributed by atoms with Gasteiger partial charge in [-0.2, -0.15) is 10.2 Å². The number of nitrogens with one attached hydrogen (secondary N) is 1. The van der Waals surface area contributed by atoms with Gasteiger partial charge in [-0.3, -0.25) is 9.48 Å². The minimum absolute atomic E-state index is 0.141. The number of aromatic nitrogens is 2. The number of hydrazone groups is 1. The third-order valence-electron chi connectivity index (χ3n) is 3.17. The molecular formula is C16H20N4O2. The van der Waals surface area contributed by atoms with Crippen LogP contribution in [-0.2, 0) is 11.3 Å². The fourth-order valence-electron chi connectivity index (χ4n) is 2.03. The zero-order valence-electron chi connectivity index (χ0n) is 13.0. The summed E-state index contributed by atoms with van der Waals surface area (Å²) in [6, 6.07) is 9.40. The summed E-state index contributed by atoms with van der Waals surface area (Å²) >= 11 is 0. The number of methoxy groups -OCH3 is 1. The molecule has 0 aliphatic carbocycles. The van der Waals surface area contributed by atoms with Crippen molar-refractivity contribution in [2.75, 3.05) is 7.11 Å². The van der Waals surface area contributed by atoms with Crippen molar-refractivity contribution in [1.29, 1.82) is 0 Å². The summed E-state index contributed by atoms with van der Waals surface area (Å²) in [5.41, 5.74) is 5.41. The second kappa shape index (κ2) is 7.40. The second-order valence-electron chi connectivity index (χ2n) is 4.97. The molecule has 0 saturated heterocycles. The number of hydrogen-bond donors (Lipinski definition) is 1. The largest absolute Gasteiger partial charge is 0.497 e. The fraction of sp³-hybridized carbons (Fsp3) is 0.312.